The third kappa shape index (κ3) is 3.31. The van der Waals surface area contributed by atoms with Crippen molar-refractivity contribution in [2.24, 2.45) is 0 Å². The lowest BCUT2D eigenvalue weighted by Gasteiger charge is -2.19. The van der Waals surface area contributed by atoms with Crippen LogP contribution in [0.1, 0.15) is 19.7 Å². The molecule has 0 saturated carbocycles. The molecule has 2 heterocycles. The Morgan fingerprint density at radius 1 is 1.15 bits per heavy atom. The Kier molecular flexibility index (Phi) is 4.64. The highest BCUT2D eigenvalue weighted by molar-refractivity contribution is 5.43. The smallest absolute Gasteiger partial charge is 0.231 e. The minimum absolute atomic E-state index is 0.390. The highest BCUT2D eigenvalue weighted by Crippen LogP contribution is 2.13. The minimum Gasteiger partial charge on any atom is -0.357 e. The molecule has 0 saturated heterocycles. The molecule has 2 rings (SSSR count). The standard InChI is InChI=1S/C11H18N8O/c1-4-19(5-2)11-16-9(12-3)15-10(17-11)13-6-8-14-7-20-18-8/h7H,4-6H2,1-3H3,(H2,12,13,15,16,17). The number of anilines is 3. The molecule has 0 spiro atoms. The lowest BCUT2D eigenvalue weighted by atomic mass is 10.5. The summed E-state index contributed by atoms with van der Waals surface area (Å²) in [4.78, 5) is 18.9. The first-order chi connectivity index (χ1) is 9.76. The van der Waals surface area contributed by atoms with E-state index in [1.807, 2.05) is 4.90 Å². The summed E-state index contributed by atoms with van der Waals surface area (Å²) < 4.78 is 4.67. The van der Waals surface area contributed by atoms with Gasteiger partial charge in [0, 0.05) is 20.1 Å². The zero-order chi connectivity index (χ0) is 14.4. The van der Waals surface area contributed by atoms with Crippen LogP contribution < -0.4 is 15.5 Å². The predicted octanol–water partition coefficient (Wildman–Crippen LogP) is 0.755. The van der Waals surface area contributed by atoms with Gasteiger partial charge in [-0.1, -0.05) is 5.16 Å². The van der Waals surface area contributed by atoms with Gasteiger partial charge in [-0.15, -0.1) is 0 Å². The molecule has 0 amide bonds. The van der Waals surface area contributed by atoms with Crippen LogP contribution in [0, 0.1) is 0 Å². The third-order valence-corrected chi connectivity index (χ3v) is 2.71. The van der Waals surface area contributed by atoms with Crippen molar-refractivity contribution in [1.82, 2.24) is 25.1 Å². The fourth-order valence-electron chi connectivity index (χ4n) is 1.63. The van der Waals surface area contributed by atoms with E-state index >= 15 is 0 Å². The highest BCUT2D eigenvalue weighted by Gasteiger charge is 2.10. The van der Waals surface area contributed by atoms with E-state index in [1.54, 1.807) is 7.05 Å². The van der Waals surface area contributed by atoms with Crippen LogP contribution in [0.5, 0.6) is 0 Å². The lowest BCUT2D eigenvalue weighted by molar-refractivity contribution is 0.411. The molecule has 108 valence electrons. The van der Waals surface area contributed by atoms with Crippen LogP contribution in [0.3, 0.4) is 0 Å². The maximum absolute atomic E-state index is 4.67. The molecule has 0 fully saturated rings. The first kappa shape index (κ1) is 14.0. The van der Waals surface area contributed by atoms with Gasteiger partial charge in [0.25, 0.3) is 0 Å². The average Bonchev–Trinajstić information content (AvgIpc) is 2.99. The van der Waals surface area contributed by atoms with Crippen molar-refractivity contribution in [2.75, 3.05) is 35.7 Å². The topological polar surface area (TPSA) is 105 Å². The fourth-order valence-corrected chi connectivity index (χ4v) is 1.63. The number of hydrogen-bond donors (Lipinski definition) is 2. The molecule has 0 atom stereocenters. The van der Waals surface area contributed by atoms with Crippen molar-refractivity contribution in [3.05, 3.63) is 12.2 Å². The molecule has 2 N–H and O–H groups in total. The third-order valence-electron chi connectivity index (χ3n) is 2.71. The van der Waals surface area contributed by atoms with E-state index in [2.05, 4.69) is 54.1 Å². The molecule has 20 heavy (non-hydrogen) atoms. The zero-order valence-electron chi connectivity index (χ0n) is 11.8. The Bertz CT molecular complexity index is 525. The second-order valence-corrected chi connectivity index (χ2v) is 3.91. The normalized spacial score (nSPS) is 10.3. The van der Waals surface area contributed by atoms with Gasteiger partial charge in [0.05, 0.1) is 6.54 Å². The van der Waals surface area contributed by atoms with Crippen LogP contribution in [-0.2, 0) is 6.54 Å². The molecule has 9 heteroatoms. The van der Waals surface area contributed by atoms with Gasteiger partial charge >= 0.3 is 0 Å². The summed E-state index contributed by atoms with van der Waals surface area (Å²) in [6, 6.07) is 0. The molecular weight excluding hydrogens is 260 g/mol. The Morgan fingerprint density at radius 2 is 1.90 bits per heavy atom. The predicted molar refractivity (Wildman–Crippen MR) is 74.6 cm³/mol. The maximum Gasteiger partial charge on any atom is 0.231 e. The second kappa shape index (κ2) is 6.64. The van der Waals surface area contributed by atoms with Gasteiger partial charge in [-0.3, -0.25) is 0 Å². The molecule has 0 aliphatic rings. The summed E-state index contributed by atoms with van der Waals surface area (Å²) in [6.45, 7) is 6.15. The van der Waals surface area contributed by atoms with Crippen LogP contribution in [0.4, 0.5) is 17.8 Å². The van der Waals surface area contributed by atoms with E-state index < -0.39 is 0 Å². The molecule has 9 nitrogen and oxygen atoms in total. The van der Waals surface area contributed by atoms with E-state index in [9.17, 15) is 0 Å². The Morgan fingerprint density at radius 3 is 2.50 bits per heavy atom. The van der Waals surface area contributed by atoms with Crippen molar-refractivity contribution in [2.45, 2.75) is 20.4 Å². The van der Waals surface area contributed by atoms with Crippen LogP contribution in [0.15, 0.2) is 10.9 Å². The highest BCUT2D eigenvalue weighted by atomic mass is 16.5. The molecule has 2 aromatic heterocycles. The van der Waals surface area contributed by atoms with Crippen molar-refractivity contribution in [3.8, 4) is 0 Å². The Labute approximate surface area is 116 Å². The van der Waals surface area contributed by atoms with Crippen molar-refractivity contribution in [1.29, 1.82) is 0 Å². The summed E-state index contributed by atoms with van der Waals surface area (Å²) >= 11 is 0. The molecule has 0 aliphatic heterocycles. The van der Waals surface area contributed by atoms with E-state index in [-0.39, 0.29) is 0 Å². The van der Waals surface area contributed by atoms with Gasteiger partial charge in [0.15, 0.2) is 5.82 Å². The Hall–Kier alpha value is -2.45. The molecule has 0 unspecified atom stereocenters. The maximum atomic E-state index is 4.67. The number of rotatable bonds is 7. The monoisotopic (exact) mass is 278 g/mol. The lowest BCUT2D eigenvalue weighted by Crippen LogP contribution is -2.25. The molecule has 0 radical (unpaired) electrons. The number of hydrogen-bond acceptors (Lipinski definition) is 9. The first-order valence-corrected chi connectivity index (χ1v) is 6.44. The van der Waals surface area contributed by atoms with Crippen molar-refractivity contribution in [3.63, 3.8) is 0 Å². The van der Waals surface area contributed by atoms with E-state index in [0.717, 1.165) is 13.1 Å². The van der Waals surface area contributed by atoms with E-state index in [0.29, 0.717) is 30.2 Å². The molecule has 2 aromatic rings. The summed E-state index contributed by atoms with van der Waals surface area (Å²) in [5.41, 5.74) is 0. The van der Waals surface area contributed by atoms with Crippen LogP contribution >= 0.6 is 0 Å². The van der Waals surface area contributed by atoms with Crippen molar-refractivity contribution >= 4 is 17.8 Å². The van der Waals surface area contributed by atoms with E-state index in [4.69, 9.17) is 0 Å². The molecule has 0 aliphatic carbocycles. The van der Waals surface area contributed by atoms with Gasteiger partial charge in [-0.25, -0.2) is 0 Å². The minimum atomic E-state index is 0.390. The van der Waals surface area contributed by atoms with Gasteiger partial charge in [-0.05, 0) is 13.8 Å². The molecule has 0 aromatic carbocycles. The van der Waals surface area contributed by atoms with E-state index in [1.165, 1.54) is 6.39 Å². The van der Waals surface area contributed by atoms with Gasteiger partial charge in [0.2, 0.25) is 24.2 Å². The number of nitrogens with zero attached hydrogens (tertiary/aromatic N) is 6. The second-order valence-electron chi connectivity index (χ2n) is 3.91. The summed E-state index contributed by atoms with van der Waals surface area (Å²) in [5, 5.41) is 9.69. The first-order valence-electron chi connectivity index (χ1n) is 6.44. The fraction of sp³-hybridized carbons (Fsp3) is 0.545. The quantitative estimate of drug-likeness (QED) is 0.759. The van der Waals surface area contributed by atoms with Crippen LogP contribution in [0.25, 0.3) is 0 Å². The zero-order valence-corrected chi connectivity index (χ0v) is 11.8. The molecular formula is C11H18N8O. The summed E-state index contributed by atoms with van der Waals surface area (Å²) in [5.74, 6) is 2.15. The van der Waals surface area contributed by atoms with Crippen molar-refractivity contribution < 1.29 is 4.52 Å². The van der Waals surface area contributed by atoms with Gasteiger partial charge in [-0.2, -0.15) is 19.9 Å². The van der Waals surface area contributed by atoms with Crippen LogP contribution in [0.2, 0.25) is 0 Å². The SMILES string of the molecule is CCN(CC)c1nc(NC)nc(NCc2ncon2)n1. The summed E-state index contributed by atoms with van der Waals surface area (Å²) in [7, 11) is 1.77. The van der Waals surface area contributed by atoms with Gasteiger partial charge in [0.1, 0.15) is 0 Å². The number of nitrogens with one attached hydrogen (secondary N) is 2. The largest absolute Gasteiger partial charge is 0.357 e. The van der Waals surface area contributed by atoms with Gasteiger partial charge < -0.3 is 20.1 Å². The Balaban J connectivity index is 2.16. The average molecular weight is 278 g/mol. The molecule has 0 bridgehead atoms. The van der Waals surface area contributed by atoms with Crippen LogP contribution in [-0.4, -0.2) is 45.2 Å². The number of aromatic nitrogens is 5. The summed E-state index contributed by atoms with van der Waals surface area (Å²) in [6.07, 6.45) is 1.28.